The van der Waals surface area contributed by atoms with Crippen LogP contribution in [0.25, 0.3) is 0 Å². The highest BCUT2D eigenvalue weighted by Crippen LogP contribution is 2.65. The highest BCUT2D eigenvalue weighted by molar-refractivity contribution is 7.84. The second-order valence-corrected chi connectivity index (χ2v) is 7.02. The van der Waals surface area contributed by atoms with E-state index in [9.17, 15) is 9.32 Å². The minimum atomic E-state index is -0.795. The van der Waals surface area contributed by atoms with E-state index in [0.717, 1.165) is 12.8 Å². The molecule has 4 atom stereocenters. The van der Waals surface area contributed by atoms with E-state index in [1.807, 2.05) is 0 Å². The fourth-order valence-corrected chi connectivity index (χ4v) is 5.18. The Morgan fingerprint density at radius 3 is 2.50 bits per heavy atom. The predicted molar refractivity (Wildman–Crippen MR) is 58.5 cm³/mol. The van der Waals surface area contributed by atoms with Crippen LogP contribution >= 0.6 is 0 Å². The molecule has 0 aromatic carbocycles. The number of fused-ring (bicyclic) bond motifs is 2. The molecule has 2 nitrogen and oxygen atoms in total. The molecule has 82 valence electrons. The molecule has 0 aliphatic heterocycles. The number of aliphatic hydroxyl groups excluding tert-OH is 1. The first-order valence-electron chi connectivity index (χ1n) is 5.38. The lowest BCUT2D eigenvalue weighted by molar-refractivity contribution is 0.0161. The molecule has 0 heterocycles. The molecule has 1 unspecified atom stereocenters. The third-order valence-electron chi connectivity index (χ3n) is 4.85. The van der Waals surface area contributed by atoms with Crippen LogP contribution in [0.2, 0.25) is 0 Å². The van der Waals surface area contributed by atoms with Crippen LogP contribution in [-0.2, 0) is 10.8 Å². The first kappa shape index (κ1) is 10.6. The van der Waals surface area contributed by atoms with E-state index in [-0.39, 0.29) is 16.9 Å². The maximum absolute atomic E-state index is 11.4. The van der Waals surface area contributed by atoms with E-state index >= 15 is 0 Å². The molecule has 1 N–H and O–H groups in total. The monoisotopic (exact) mass is 216 g/mol. The smallest absolute Gasteiger partial charge is 0.0613 e. The topological polar surface area (TPSA) is 37.3 Å². The fraction of sp³-hybridized carbons (Fsp3) is 1.00. The standard InChI is InChI=1S/C11H20O2S/c1-10(2)8-4-5-11(10,7-14(3)13)9(12)6-8/h8-9,12H,4-7H2,1-3H3/t8-,9-,11-,14?/m0/s1. The van der Waals surface area contributed by atoms with Crippen LogP contribution in [0.15, 0.2) is 0 Å². The highest BCUT2D eigenvalue weighted by atomic mass is 32.2. The number of hydrogen-bond donors (Lipinski definition) is 1. The van der Waals surface area contributed by atoms with Gasteiger partial charge in [0.1, 0.15) is 0 Å². The molecule has 2 saturated carbocycles. The quantitative estimate of drug-likeness (QED) is 0.760. The van der Waals surface area contributed by atoms with Crippen molar-refractivity contribution in [3.8, 4) is 0 Å². The maximum Gasteiger partial charge on any atom is 0.0613 e. The molecule has 2 fully saturated rings. The van der Waals surface area contributed by atoms with Gasteiger partial charge in [-0.1, -0.05) is 13.8 Å². The zero-order chi connectivity index (χ0) is 10.6. The van der Waals surface area contributed by atoms with Crippen LogP contribution < -0.4 is 0 Å². The predicted octanol–water partition coefficient (Wildman–Crippen LogP) is 1.55. The molecule has 2 bridgehead atoms. The molecule has 3 heteroatoms. The van der Waals surface area contributed by atoms with Crippen LogP contribution in [0.4, 0.5) is 0 Å². The van der Waals surface area contributed by atoms with E-state index in [4.69, 9.17) is 0 Å². The van der Waals surface area contributed by atoms with Crippen molar-refractivity contribution in [3.05, 3.63) is 0 Å². The Balaban J connectivity index is 2.34. The van der Waals surface area contributed by atoms with Crippen molar-refractivity contribution in [3.63, 3.8) is 0 Å². The van der Waals surface area contributed by atoms with Crippen LogP contribution in [0.3, 0.4) is 0 Å². The Hall–Kier alpha value is 0.110. The molecule has 0 aromatic rings. The lowest BCUT2D eigenvalue weighted by atomic mass is 9.70. The van der Waals surface area contributed by atoms with Crippen molar-refractivity contribution in [1.82, 2.24) is 0 Å². The van der Waals surface area contributed by atoms with Gasteiger partial charge < -0.3 is 5.11 Å². The Bertz CT molecular complexity index is 274. The molecule has 14 heavy (non-hydrogen) atoms. The Morgan fingerprint density at radius 2 is 2.14 bits per heavy atom. The van der Waals surface area contributed by atoms with Gasteiger partial charge in [0.2, 0.25) is 0 Å². The number of rotatable bonds is 2. The van der Waals surface area contributed by atoms with Crippen molar-refractivity contribution in [2.24, 2.45) is 16.7 Å². The summed E-state index contributed by atoms with van der Waals surface area (Å²) in [5.41, 5.74) is 0.120. The Kier molecular flexibility index (Phi) is 2.31. The van der Waals surface area contributed by atoms with Gasteiger partial charge in [-0.05, 0) is 30.6 Å². The summed E-state index contributed by atoms with van der Waals surface area (Å²) in [4.78, 5) is 0. The van der Waals surface area contributed by atoms with Crippen LogP contribution in [0.5, 0.6) is 0 Å². The number of aliphatic hydroxyl groups is 1. The van der Waals surface area contributed by atoms with Crippen molar-refractivity contribution in [1.29, 1.82) is 0 Å². The van der Waals surface area contributed by atoms with Gasteiger partial charge in [-0.25, -0.2) is 0 Å². The molecule has 0 aromatic heterocycles. The van der Waals surface area contributed by atoms with Crippen molar-refractivity contribution < 1.29 is 9.32 Å². The van der Waals surface area contributed by atoms with Crippen molar-refractivity contribution >= 4 is 10.8 Å². The molecular formula is C11H20O2S. The minimum absolute atomic E-state index is 0.0583. The summed E-state index contributed by atoms with van der Waals surface area (Å²) < 4.78 is 11.4. The molecule has 0 saturated heterocycles. The lowest BCUT2D eigenvalue weighted by Crippen LogP contribution is -2.43. The molecule has 0 radical (unpaired) electrons. The highest BCUT2D eigenvalue weighted by Gasteiger charge is 2.63. The summed E-state index contributed by atoms with van der Waals surface area (Å²) in [6.45, 7) is 4.49. The summed E-state index contributed by atoms with van der Waals surface area (Å²) in [6, 6.07) is 0. The first-order valence-corrected chi connectivity index (χ1v) is 7.11. The Labute approximate surface area is 88.5 Å². The third kappa shape index (κ3) is 1.15. The average Bonchev–Trinajstić information content (AvgIpc) is 2.36. The normalized spacial score (nSPS) is 46.9. The van der Waals surface area contributed by atoms with E-state index < -0.39 is 10.8 Å². The minimum Gasteiger partial charge on any atom is -0.392 e. The van der Waals surface area contributed by atoms with Gasteiger partial charge in [-0.15, -0.1) is 0 Å². The van der Waals surface area contributed by atoms with E-state index in [1.165, 1.54) is 6.42 Å². The Morgan fingerprint density at radius 1 is 1.50 bits per heavy atom. The molecule has 2 aliphatic carbocycles. The molecule has 0 spiro atoms. The largest absolute Gasteiger partial charge is 0.392 e. The summed E-state index contributed by atoms with van der Waals surface area (Å²) in [7, 11) is -0.795. The van der Waals surface area contributed by atoms with Crippen LogP contribution in [0, 0.1) is 16.7 Å². The summed E-state index contributed by atoms with van der Waals surface area (Å²) in [6.07, 6.45) is 4.72. The van der Waals surface area contributed by atoms with Gasteiger partial charge in [0.05, 0.1) is 6.10 Å². The summed E-state index contributed by atoms with van der Waals surface area (Å²) in [5, 5.41) is 10.1. The van der Waals surface area contributed by atoms with E-state index in [0.29, 0.717) is 11.7 Å². The molecule has 2 rings (SSSR count). The molecule has 0 amide bonds. The second kappa shape index (κ2) is 3.05. The van der Waals surface area contributed by atoms with Gasteiger partial charge in [0.15, 0.2) is 0 Å². The number of hydrogen-bond acceptors (Lipinski definition) is 2. The van der Waals surface area contributed by atoms with Crippen molar-refractivity contribution in [2.75, 3.05) is 12.0 Å². The molecular weight excluding hydrogens is 196 g/mol. The fourth-order valence-electron chi connectivity index (χ4n) is 3.74. The van der Waals surface area contributed by atoms with Gasteiger partial charge >= 0.3 is 0 Å². The zero-order valence-corrected chi connectivity index (χ0v) is 10.1. The average molecular weight is 216 g/mol. The van der Waals surface area contributed by atoms with Gasteiger partial charge in [-0.2, -0.15) is 0 Å². The van der Waals surface area contributed by atoms with Crippen molar-refractivity contribution in [2.45, 2.75) is 39.2 Å². The first-order chi connectivity index (χ1) is 6.40. The van der Waals surface area contributed by atoms with Gasteiger partial charge in [0, 0.05) is 28.2 Å². The van der Waals surface area contributed by atoms with Crippen LogP contribution in [-0.4, -0.2) is 27.4 Å². The summed E-state index contributed by atoms with van der Waals surface area (Å²) in [5.74, 6) is 1.32. The second-order valence-electron chi connectivity index (χ2n) is 5.58. The van der Waals surface area contributed by atoms with Crippen LogP contribution in [0.1, 0.15) is 33.1 Å². The maximum atomic E-state index is 11.4. The zero-order valence-electron chi connectivity index (χ0n) is 9.25. The summed E-state index contributed by atoms with van der Waals surface area (Å²) >= 11 is 0. The molecule has 2 aliphatic rings. The van der Waals surface area contributed by atoms with Gasteiger partial charge in [-0.3, -0.25) is 4.21 Å². The third-order valence-corrected chi connectivity index (χ3v) is 5.77. The van der Waals surface area contributed by atoms with E-state index in [2.05, 4.69) is 13.8 Å². The van der Waals surface area contributed by atoms with Gasteiger partial charge in [0.25, 0.3) is 0 Å². The SMILES string of the molecule is CS(=O)C[C@@]12CC[C@@H](C[C@@H]1O)C2(C)C. The lowest BCUT2D eigenvalue weighted by Gasteiger charge is -2.39. The van der Waals surface area contributed by atoms with E-state index in [1.54, 1.807) is 6.26 Å².